The van der Waals surface area contributed by atoms with Crippen LogP contribution in [0.1, 0.15) is 25.8 Å². The second-order valence-corrected chi connectivity index (χ2v) is 8.97. The second kappa shape index (κ2) is 6.34. The maximum atomic E-state index is 12.1. The third kappa shape index (κ3) is 4.55. The van der Waals surface area contributed by atoms with Crippen molar-refractivity contribution in [1.82, 2.24) is 4.72 Å². The molecule has 0 bridgehead atoms. The minimum absolute atomic E-state index is 0.0839. The van der Waals surface area contributed by atoms with Crippen molar-refractivity contribution < 1.29 is 18.3 Å². The van der Waals surface area contributed by atoms with Gasteiger partial charge < -0.3 is 5.11 Å². The molecule has 0 saturated carbocycles. The predicted octanol–water partition coefficient (Wildman–Crippen LogP) is 2.60. The maximum Gasteiger partial charge on any atom is 0.321 e. The molecule has 0 aromatic carbocycles. The van der Waals surface area contributed by atoms with E-state index in [0.29, 0.717) is 0 Å². The molecule has 1 atom stereocenters. The number of thiophene rings is 1. The number of halogens is 1. The van der Waals surface area contributed by atoms with Gasteiger partial charge in [0.25, 0.3) is 10.0 Å². The molecular weight excluding hydrogens is 354 g/mol. The number of rotatable bonds is 6. The zero-order chi connectivity index (χ0) is 14.8. The number of sulfonamides is 1. The summed E-state index contributed by atoms with van der Waals surface area (Å²) in [7, 11) is -3.79. The lowest BCUT2D eigenvalue weighted by Crippen LogP contribution is -2.41. The number of carbonyl (C=O) groups is 1. The molecule has 0 spiro atoms. The van der Waals surface area contributed by atoms with E-state index in [0.717, 1.165) is 20.7 Å². The van der Waals surface area contributed by atoms with E-state index in [1.165, 1.54) is 6.07 Å². The van der Waals surface area contributed by atoms with Gasteiger partial charge in [-0.25, -0.2) is 8.42 Å². The van der Waals surface area contributed by atoms with Crippen molar-refractivity contribution in [3.63, 3.8) is 0 Å². The third-order valence-corrected chi connectivity index (χ3v) is 6.48. The zero-order valence-corrected chi connectivity index (χ0v) is 14.0. The fraction of sp³-hybridized carbons (Fsp3) is 0.545. The Morgan fingerprint density at radius 2 is 2.11 bits per heavy atom. The molecule has 0 aliphatic rings. The molecule has 1 heterocycles. The first-order valence-electron chi connectivity index (χ1n) is 5.64. The van der Waals surface area contributed by atoms with E-state index in [-0.39, 0.29) is 16.5 Å². The highest BCUT2D eigenvalue weighted by Gasteiger charge is 2.27. The Kier molecular flexibility index (Phi) is 5.54. The van der Waals surface area contributed by atoms with Gasteiger partial charge in [-0.3, -0.25) is 4.79 Å². The molecule has 108 valence electrons. The summed E-state index contributed by atoms with van der Waals surface area (Å²) in [4.78, 5) is 11.1. The number of hydrogen-bond acceptors (Lipinski definition) is 4. The van der Waals surface area contributed by atoms with E-state index >= 15 is 0 Å². The summed E-state index contributed by atoms with van der Waals surface area (Å²) in [6.07, 6.45) is 0.250. The maximum absolute atomic E-state index is 12.1. The highest BCUT2D eigenvalue weighted by Crippen LogP contribution is 2.30. The van der Waals surface area contributed by atoms with Crippen LogP contribution < -0.4 is 4.72 Å². The predicted molar refractivity (Wildman–Crippen MR) is 78.0 cm³/mol. The van der Waals surface area contributed by atoms with E-state index in [9.17, 15) is 13.2 Å². The molecule has 1 rings (SSSR count). The van der Waals surface area contributed by atoms with Gasteiger partial charge in [0.2, 0.25) is 0 Å². The van der Waals surface area contributed by atoms with Crippen molar-refractivity contribution in [3.05, 3.63) is 15.4 Å². The van der Waals surface area contributed by atoms with Crippen LogP contribution in [0, 0.1) is 12.8 Å². The van der Waals surface area contributed by atoms with Crippen LogP contribution >= 0.6 is 27.3 Å². The zero-order valence-electron chi connectivity index (χ0n) is 10.8. The highest BCUT2D eigenvalue weighted by molar-refractivity contribution is 9.11. The Morgan fingerprint density at radius 3 is 2.47 bits per heavy atom. The molecule has 0 aliphatic carbocycles. The Labute approximate surface area is 125 Å². The van der Waals surface area contributed by atoms with Crippen molar-refractivity contribution in [2.75, 3.05) is 0 Å². The van der Waals surface area contributed by atoms with Crippen molar-refractivity contribution in [1.29, 1.82) is 0 Å². The number of hydrogen-bond donors (Lipinski definition) is 2. The van der Waals surface area contributed by atoms with E-state index in [2.05, 4.69) is 20.7 Å². The number of carboxylic acid groups (broad SMARTS) is 1. The van der Waals surface area contributed by atoms with E-state index in [4.69, 9.17) is 5.11 Å². The Bertz CT molecular complexity index is 546. The molecule has 0 radical (unpaired) electrons. The summed E-state index contributed by atoms with van der Waals surface area (Å²) in [6.45, 7) is 5.47. The quantitative estimate of drug-likeness (QED) is 0.806. The van der Waals surface area contributed by atoms with E-state index in [1.807, 2.05) is 13.8 Å². The average molecular weight is 370 g/mol. The van der Waals surface area contributed by atoms with Crippen LogP contribution in [0.15, 0.2) is 14.1 Å². The molecule has 19 heavy (non-hydrogen) atoms. The van der Waals surface area contributed by atoms with Crippen LogP contribution in [0.25, 0.3) is 0 Å². The summed E-state index contributed by atoms with van der Waals surface area (Å²) in [5, 5.41) is 9.06. The van der Waals surface area contributed by atoms with Crippen molar-refractivity contribution >= 4 is 43.3 Å². The average Bonchev–Trinajstić information content (AvgIpc) is 2.58. The van der Waals surface area contributed by atoms with Crippen LogP contribution in [0.2, 0.25) is 0 Å². The highest BCUT2D eigenvalue weighted by atomic mass is 79.9. The summed E-state index contributed by atoms with van der Waals surface area (Å²) in [6, 6.07) is 0.414. The van der Waals surface area contributed by atoms with Crippen molar-refractivity contribution in [2.45, 2.75) is 37.4 Å². The first-order valence-corrected chi connectivity index (χ1v) is 8.74. The molecule has 0 unspecified atom stereocenters. The molecule has 1 aromatic rings. The Balaban J connectivity index is 2.97. The number of aryl methyl sites for hydroxylation is 1. The largest absolute Gasteiger partial charge is 0.480 e. The van der Waals surface area contributed by atoms with Crippen LogP contribution in [0.4, 0.5) is 0 Å². The lowest BCUT2D eigenvalue weighted by molar-refractivity contribution is -0.139. The molecular formula is C11H16BrNO4S2. The standard InChI is InChI=1S/C11H16BrNO4S2/c1-6(2)4-8(11(14)15)13-19(16,17)9-5-7(3)10(12)18-9/h5-6,8,13H,4H2,1-3H3,(H,14,15)/t8-/m0/s1. The van der Waals surface area contributed by atoms with Gasteiger partial charge in [0.1, 0.15) is 10.3 Å². The van der Waals surface area contributed by atoms with Crippen LogP contribution in [0.5, 0.6) is 0 Å². The Hall–Kier alpha value is -0.440. The molecule has 1 aromatic heterocycles. The molecule has 0 fully saturated rings. The summed E-state index contributed by atoms with van der Waals surface area (Å²) in [5.74, 6) is -1.08. The fourth-order valence-electron chi connectivity index (χ4n) is 1.48. The van der Waals surface area contributed by atoms with Crippen molar-refractivity contribution in [3.8, 4) is 0 Å². The van der Waals surface area contributed by atoms with Gasteiger partial charge in [0.05, 0.1) is 3.79 Å². The summed E-state index contributed by atoms with van der Waals surface area (Å²) < 4.78 is 27.3. The lowest BCUT2D eigenvalue weighted by Gasteiger charge is -2.15. The smallest absolute Gasteiger partial charge is 0.321 e. The van der Waals surface area contributed by atoms with Gasteiger partial charge in [0.15, 0.2) is 0 Å². The number of carboxylic acids is 1. The molecule has 5 nitrogen and oxygen atoms in total. The lowest BCUT2D eigenvalue weighted by atomic mass is 10.1. The molecule has 0 saturated heterocycles. The molecule has 8 heteroatoms. The third-order valence-electron chi connectivity index (χ3n) is 2.40. The number of aliphatic carboxylic acids is 1. The normalized spacial score (nSPS) is 13.7. The van der Waals surface area contributed by atoms with Crippen LogP contribution in [-0.2, 0) is 14.8 Å². The minimum Gasteiger partial charge on any atom is -0.480 e. The van der Waals surface area contributed by atoms with Gasteiger partial charge in [0, 0.05) is 0 Å². The van der Waals surface area contributed by atoms with Gasteiger partial charge in [-0.15, -0.1) is 11.3 Å². The van der Waals surface area contributed by atoms with Crippen molar-refractivity contribution in [2.24, 2.45) is 5.92 Å². The first kappa shape index (κ1) is 16.6. The summed E-state index contributed by atoms with van der Waals surface area (Å²) in [5.41, 5.74) is 0.807. The Morgan fingerprint density at radius 1 is 1.53 bits per heavy atom. The van der Waals surface area contributed by atoms with Crippen LogP contribution in [0.3, 0.4) is 0 Å². The van der Waals surface area contributed by atoms with Crippen LogP contribution in [-0.4, -0.2) is 25.5 Å². The topological polar surface area (TPSA) is 83.5 Å². The SMILES string of the molecule is Cc1cc(S(=O)(=O)N[C@@H](CC(C)C)C(=O)O)sc1Br. The minimum atomic E-state index is -3.79. The van der Waals surface area contributed by atoms with E-state index < -0.39 is 22.0 Å². The van der Waals surface area contributed by atoms with E-state index in [1.54, 1.807) is 6.92 Å². The van der Waals surface area contributed by atoms with Gasteiger partial charge in [-0.05, 0) is 46.8 Å². The monoisotopic (exact) mass is 369 g/mol. The number of nitrogens with one attached hydrogen (secondary N) is 1. The van der Waals surface area contributed by atoms with Gasteiger partial charge >= 0.3 is 5.97 Å². The first-order chi connectivity index (χ1) is 8.63. The fourth-order valence-corrected chi connectivity index (χ4v) is 4.92. The molecule has 2 N–H and O–H groups in total. The second-order valence-electron chi connectivity index (χ2n) is 4.66. The summed E-state index contributed by atoms with van der Waals surface area (Å²) >= 11 is 4.32. The van der Waals surface area contributed by atoms with Gasteiger partial charge in [-0.2, -0.15) is 4.72 Å². The molecule has 0 amide bonds. The van der Waals surface area contributed by atoms with Gasteiger partial charge in [-0.1, -0.05) is 13.8 Å². The molecule has 0 aliphatic heterocycles.